The molecule has 27 heavy (non-hydrogen) atoms. The van der Waals surface area contributed by atoms with Crippen molar-refractivity contribution in [2.45, 2.75) is 66.3 Å². The third kappa shape index (κ3) is 10.3. The monoisotopic (exact) mass is 490 g/mol. The van der Waals surface area contributed by atoms with E-state index in [0.29, 0.717) is 18.7 Å². The first kappa shape index (κ1) is 26.1. The fourth-order valence-electron chi connectivity index (χ4n) is 3.01. The zero-order valence-electron chi connectivity index (χ0n) is 17.9. The summed E-state index contributed by atoms with van der Waals surface area (Å²) in [7, 11) is 1.81. The molecule has 0 unspecified atom stereocenters. The number of nitrogens with zero attached hydrogens (tertiary/aromatic N) is 2. The van der Waals surface area contributed by atoms with Crippen molar-refractivity contribution in [2.24, 2.45) is 4.99 Å². The average Bonchev–Trinajstić information content (AvgIpc) is 2.61. The van der Waals surface area contributed by atoms with Crippen LogP contribution in [-0.2, 0) is 17.9 Å². The molecule has 1 aromatic rings. The van der Waals surface area contributed by atoms with Crippen LogP contribution < -0.4 is 10.6 Å². The summed E-state index contributed by atoms with van der Waals surface area (Å²) >= 11 is 0. The van der Waals surface area contributed by atoms with Gasteiger partial charge in [0.25, 0.3) is 0 Å². The van der Waals surface area contributed by atoms with E-state index in [1.165, 1.54) is 11.1 Å². The maximum absolute atomic E-state index is 5.70. The van der Waals surface area contributed by atoms with Crippen molar-refractivity contribution >= 4 is 29.9 Å². The van der Waals surface area contributed by atoms with Gasteiger partial charge in [0.05, 0.1) is 6.61 Å². The third-order valence-electron chi connectivity index (χ3n) is 4.38. The first-order valence-electron chi connectivity index (χ1n) is 9.84. The predicted octanol–water partition coefficient (Wildman–Crippen LogP) is 4.02. The molecule has 0 atom stereocenters. The summed E-state index contributed by atoms with van der Waals surface area (Å²) in [6, 6.07) is 9.49. The molecular formula is C21H39IN4O. The van der Waals surface area contributed by atoms with Gasteiger partial charge in [0.15, 0.2) is 5.96 Å². The van der Waals surface area contributed by atoms with Crippen molar-refractivity contribution in [3.8, 4) is 0 Å². The number of benzene rings is 1. The molecule has 2 N–H and O–H groups in total. The molecule has 0 aliphatic rings. The van der Waals surface area contributed by atoms with E-state index in [4.69, 9.17) is 4.74 Å². The van der Waals surface area contributed by atoms with E-state index in [2.05, 4.69) is 79.4 Å². The van der Waals surface area contributed by atoms with Gasteiger partial charge < -0.3 is 15.4 Å². The number of hydrogen-bond donors (Lipinski definition) is 2. The van der Waals surface area contributed by atoms with Crippen LogP contribution in [0.25, 0.3) is 0 Å². The third-order valence-corrected chi connectivity index (χ3v) is 4.38. The van der Waals surface area contributed by atoms with Crippen molar-refractivity contribution in [2.75, 3.05) is 26.7 Å². The minimum Gasteiger partial charge on any atom is -0.377 e. The van der Waals surface area contributed by atoms with E-state index in [1.54, 1.807) is 0 Å². The lowest BCUT2D eigenvalue weighted by Crippen LogP contribution is -2.45. The number of ether oxygens (including phenoxy) is 1. The molecule has 1 aromatic carbocycles. The molecule has 0 aromatic heterocycles. The highest BCUT2D eigenvalue weighted by atomic mass is 127. The fourth-order valence-corrected chi connectivity index (χ4v) is 3.01. The Morgan fingerprint density at radius 1 is 1.07 bits per heavy atom. The SMILES string of the molecule is CCCOCc1ccccc1CNC(=NC)NCCN(C(C)C)C(C)C.I. The molecule has 156 valence electrons. The molecule has 0 saturated heterocycles. The Labute approximate surface area is 183 Å². The Bertz CT molecular complexity index is 527. The molecule has 1 rings (SSSR count). The molecule has 6 heteroatoms. The summed E-state index contributed by atoms with van der Waals surface area (Å²) in [4.78, 5) is 6.81. The van der Waals surface area contributed by atoms with E-state index in [9.17, 15) is 0 Å². The average molecular weight is 490 g/mol. The highest BCUT2D eigenvalue weighted by Gasteiger charge is 2.12. The van der Waals surface area contributed by atoms with Crippen LogP contribution in [0.2, 0.25) is 0 Å². The van der Waals surface area contributed by atoms with Gasteiger partial charge in [0, 0.05) is 45.4 Å². The normalized spacial score (nSPS) is 11.8. The van der Waals surface area contributed by atoms with Crippen LogP contribution in [-0.4, -0.2) is 49.7 Å². The van der Waals surface area contributed by atoms with E-state index < -0.39 is 0 Å². The molecule has 0 fully saturated rings. The Balaban J connectivity index is 0.00000676. The van der Waals surface area contributed by atoms with Crippen molar-refractivity contribution in [1.29, 1.82) is 0 Å². The molecule has 0 heterocycles. The topological polar surface area (TPSA) is 48.9 Å². The van der Waals surface area contributed by atoms with Crippen LogP contribution in [0.15, 0.2) is 29.3 Å². The van der Waals surface area contributed by atoms with Gasteiger partial charge in [-0.3, -0.25) is 9.89 Å². The molecule has 0 saturated carbocycles. The summed E-state index contributed by atoms with van der Waals surface area (Å²) < 4.78 is 5.70. The lowest BCUT2D eigenvalue weighted by atomic mass is 10.1. The maximum Gasteiger partial charge on any atom is 0.191 e. The first-order chi connectivity index (χ1) is 12.5. The van der Waals surface area contributed by atoms with Gasteiger partial charge >= 0.3 is 0 Å². The second kappa shape index (κ2) is 15.1. The summed E-state index contributed by atoms with van der Waals surface area (Å²) in [6.07, 6.45) is 1.04. The highest BCUT2D eigenvalue weighted by molar-refractivity contribution is 14.0. The van der Waals surface area contributed by atoms with Gasteiger partial charge in [-0.25, -0.2) is 0 Å². The number of aliphatic imine (C=N–C) groups is 1. The summed E-state index contributed by atoms with van der Waals surface area (Å²) in [5, 5.41) is 6.83. The number of hydrogen-bond acceptors (Lipinski definition) is 3. The second-order valence-corrected chi connectivity index (χ2v) is 7.10. The van der Waals surface area contributed by atoms with Crippen LogP contribution >= 0.6 is 24.0 Å². The lowest BCUT2D eigenvalue weighted by Gasteiger charge is -2.30. The van der Waals surface area contributed by atoms with Crippen molar-refractivity contribution in [1.82, 2.24) is 15.5 Å². The zero-order valence-corrected chi connectivity index (χ0v) is 20.2. The maximum atomic E-state index is 5.70. The molecule has 0 aliphatic heterocycles. The summed E-state index contributed by atoms with van der Waals surface area (Å²) in [6.45, 7) is 15.2. The van der Waals surface area contributed by atoms with Crippen LogP contribution in [0.3, 0.4) is 0 Å². The van der Waals surface area contributed by atoms with E-state index in [-0.39, 0.29) is 24.0 Å². The molecular weight excluding hydrogens is 451 g/mol. The molecule has 0 amide bonds. The standard InChI is InChI=1S/C21H38N4O.HI/c1-7-14-26-16-20-11-9-8-10-19(20)15-24-21(22-6)23-12-13-25(17(2)3)18(4)5;/h8-11,17-18H,7,12-16H2,1-6H3,(H2,22,23,24);1H. The van der Waals surface area contributed by atoms with Crippen LogP contribution in [0.4, 0.5) is 0 Å². The Morgan fingerprint density at radius 2 is 1.70 bits per heavy atom. The Morgan fingerprint density at radius 3 is 2.26 bits per heavy atom. The van der Waals surface area contributed by atoms with Gasteiger partial charge in [-0.1, -0.05) is 31.2 Å². The molecule has 0 spiro atoms. The summed E-state index contributed by atoms with van der Waals surface area (Å²) in [5.41, 5.74) is 2.48. The van der Waals surface area contributed by atoms with E-state index >= 15 is 0 Å². The Hall–Kier alpha value is -0.860. The van der Waals surface area contributed by atoms with Gasteiger partial charge in [0.1, 0.15) is 0 Å². The predicted molar refractivity (Wildman–Crippen MR) is 127 cm³/mol. The fraction of sp³-hybridized carbons (Fsp3) is 0.667. The van der Waals surface area contributed by atoms with Crippen LogP contribution in [0.5, 0.6) is 0 Å². The number of guanidine groups is 1. The molecule has 0 aliphatic carbocycles. The minimum atomic E-state index is 0. The molecule has 0 bridgehead atoms. The van der Waals surface area contributed by atoms with Gasteiger partial charge in [0.2, 0.25) is 0 Å². The van der Waals surface area contributed by atoms with Gasteiger partial charge in [-0.05, 0) is 45.2 Å². The first-order valence-corrected chi connectivity index (χ1v) is 9.84. The van der Waals surface area contributed by atoms with Crippen LogP contribution in [0.1, 0.15) is 52.2 Å². The van der Waals surface area contributed by atoms with Crippen molar-refractivity contribution in [3.63, 3.8) is 0 Å². The van der Waals surface area contributed by atoms with E-state index in [1.807, 2.05) is 7.05 Å². The molecule has 0 radical (unpaired) electrons. The quantitative estimate of drug-likeness (QED) is 0.213. The molecule has 5 nitrogen and oxygen atoms in total. The highest BCUT2D eigenvalue weighted by Crippen LogP contribution is 2.10. The number of halogens is 1. The van der Waals surface area contributed by atoms with Gasteiger partial charge in [-0.15, -0.1) is 24.0 Å². The Kier molecular flexibility index (Phi) is 14.6. The second-order valence-electron chi connectivity index (χ2n) is 7.10. The van der Waals surface area contributed by atoms with E-state index in [0.717, 1.165) is 38.6 Å². The number of rotatable bonds is 11. The number of nitrogens with one attached hydrogen (secondary N) is 2. The summed E-state index contributed by atoms with van der Waals surface area (Å²) in [5.74, 6) is 0.835. The largest absolute Gasteiger partial charge is 0.377 e. The lowest BCUT2D eigenvalue weighted by molar-refractivity contribution is 0.121. The van der Waals surface area contributed by atoms with Gasteiger partial charge in [-0.2, -0.15) is 0 Å². The van der Waals surface area contributed by atoms with Crippen LogP contribution in [0, 0.1) is 0 Å². The van der Waals surface area contributed by atoms with Crippen molar-refractivity contribution < 1.29 is 4.74 Å². The zero-order chi connectivity index (χ0) is 19.4. The minimum absolute atomic E-state index is 0. The smallest absolute Gasteiger partial charge is 0.191 e. The van der Waals surface area contributed by atoms with Crippen molar-refractivity contribution in [3.05, 3.63) is 35.4 Å².